The van der Waals surface area contributed by atoms with Gasteiger partial charge in [0.15, 0.2) is 0 Å². The first kappa shape index (κ1) is 19.8. The molecule has 0 bridgehead atoms. The van der Waals surface area contributed by atoms with E-state index in [1.807, 2.05) is 35.8 Å². The van der Waals surface area contributed by atoms with Crippen molar-refractivity contribution in [1.29, 1.82) is 0 Å². The number of benzene rings is 1. The zero-order chi connectivity index (χ0) is 20.5. The smallest absolute Gasteiger partial charge is 0.228 e. The predicted octanol–water partition coefficient (Wildman–Crippen LogP) is 2.42. The summed E-state index contributed by atoms with van der Waals surface area (Å²) in [5.74, 6) is -0.113. The molecule has 1 aromatic carbocycles. The van der Waals surface area contributed by atoms with Crippen LogP contribution in [0.1, 0.15) is 29.5 Å². The monoisotopic (exact) mass is 413 g/mol. The van der Waals surface area contributed by atoms with Gasteiger partial charge >= 0.3 is 0 Å². The van der Waals surface area contributed by atoms with Crippen LogP contribution in [-0.4, -0.2) is 59.6 Å². The highest BCUT2D eigenvalue weighted by Gasteiger charge is 2.39. The summed E-state index contributed by atoms with van der Waals surface area (Å²) in [4.78, 5) is 31.8. The highest BCUT2D eigenvalue weighted by atomic mass is 32.1. The fraction of sp³-hybridized carbons (Fsp3) is 0.524. The fourth-order valence-electron chi connectivity index (χ4n) is 4.27. The van der Waals surface area contributed by atoms with Crippen LogP contribution in [-0.2, 0) is 16.0 Å². The zero-order valence-electron chi connectivity index (χ0n) is 17.2. The molecule has 154 valence electrons. The molecule has 2 aliphatic rings. The second kappa shape index (κ2) is 8.10. The Morgan fingerprint density at radius 3 is 2.59 bits per heavy atom. The van der Waals surface area contributed by atoms with E-state index < -0.39 is 0 Å². The number of hydrogen-bond donors (Lipinski definition) is 0. The summed E-state index contributed by atoms with van der Waals surface area (Å²) >= 11 is 1.58. The Morgan fingerprint density at radius 2 is 1.93 bits per heavy atom. The Morgan fingerprint density at radius 1 is 1.17 bits per heavy atom. The van der Waals surface area contributed by atoms with E-state index in [9.17, 15) is 9.59 Å². The largest absolute Gasteiger partial charge is 0.343 e. The van der Waals surface area contributed by atoms with Crippen molar-refractivity contribution in [2.24, 2.45) is 5.92 Å². The van der Waals surface area contributed by atoms with Crippen molar-refractivity contribution in [1.82, 2.24) is 15.1 Å². The SMILES string of the molecule is CCc1cccc(C)c1N1CC(C(=O)N2CCN(c3nnc(C)s3)CC2)CC1=O. The minimum atomic E-state index is -0.262. The van der Waals surface area contributed by atoms with E-state index in [0.717, 1.165) is 46.5 Å². The molecule has 2 saturated heterocycles. The molecule has 0 spiro atoms. The van der Waals surface area contributed by atoms with Crippen molar-refractivity contribution in [2.45, 2.75) is 33.6 Å². The normalized spacial score (nSPS) is 19.9. The van der Waals surface area contributed by atoms with Gasteiger partial charge in [0.2, 0.25) is 16.9 Å². The molecule has 0 aliphatic carbocycles. The van der Waals surface area contributed by atoms with Gasteiger partial charge in [-0.3, -0.25) is 9.59 Å². The minimum absolute atomic E-state index is 0.0512. The first-order valence-electron chi connectivity index (χ1n) is 10.2. The molecule has 2 fully saturated rings. The molecular weight excluding hydrogens is 386 g/mol. The molecule has 2 aromatic rings. The van der Waals surface area contributed by atoms with Gasteiger partial charge in [0, 0.05) is 44.8 Å². The number of aryl methyl sites for hydroxylation is 3. The van der Waals surface area contributed by atoms with Crippen LogP contribution in [0.5, 0.6) is 0 Å². The van der Waals surface area contributed by atoms with Gasteiger partial charge in [0.05, 0.1) is 5.92 Å². The van der Waals surface area contributed by atoms with Crippen LogP contribution in [0.25, 0.3) is 0 Å². The first-order chi connectivity index (χ1) is 14.0. The number of anilines is 2. The van der Waals surface area contributed by atoms with Gasteiger partial charge in [0.1, 0.15) is 5.01 Å². The number of hydrogen-bond acceptors (Lipinski definition) is 6. The summed E-state index contributed by atoms with van der Waals surface area (Å²) in [6.07, 6.45) is 1.17. The highest BCUT2D eigenvalue weighted by Crippen LogP contribution is 2.32. The van der Waals surface area contributed by atoms with Crippen molar-refractivity contribution in [2.75, 3.05) is 42.5 Å². The van der Waals surface area contributed by atoms with Gasteiger partial charge in [-0.1, -0.05) is 36.5 Å². The third-order valence-electron chi connectivity index (χ3n) is 5.82. The molecule has 8 heteroatoms. The maximum atomic E-state index is 13.1. The van der Waals surface area contributed by atoms with Crippen molar-refractivity contribution < 1.29 is 9.59 Å². The zero-order valence-corrected chi connectivity index (χ0v) is 18.0. The number of para-hydroxylation sites is 1. The summed E-state index contributed by atoms with van der Waals surface area (Å²) in [5, 5.41) is 10.2. The number of carbonyl (C=O) groups is 2. The maximum Gasteiger partial charge on any atom is 0.228 e. The van der Waals surface area contributed by atoms with Crippen molar-refractivity contribution in [3.63, 3.8) is 0 Å². The summed E-state index contributed by atoms with van der Waals surface area (Å²) in [6.45, 7) is 9.38. The molecule has 2 aliphatic heterocycles. The number of aromatic nitrogens is 2. The number of nitrogens with zero attached hydrogens (tertiary/aromatic N) is 5. The third-order valence-corrected chi connectivity index (χ3v) is 6.72. The van der Waals surface area contributed by atoms with Gasteiger partial charge in [0.25, 0.3) is 0 Å². The van der Waals surface area contributed by atoms with Crippen LogP contribution in [0.3, 0.4) is 0 Å². The average molecular weight is 414 g/mol. The molecule has 7 nitrogen and oxygen atoms in total. The average Bonchev–Trinajstić information content (AvgIpc) is 3.33. The van der Waals surface area contributed by atoms with Gasteiger partial charge in [-0.2, -0.15) is 0 Å². The summed E-state index contributed by atoms with van der Waals surface area (Å²) in [6, 6.07) is 6.13. The second-order valence-corrected chi connectivity index (χ2v) is 8.92. The van der Waals surface area contributed by atoms with E-state index in [1.165, 1.54) is 0 Å². The number of carbonyl (C=O) groups excluding carboxylic acids is 2. The molecule has 29 heavy (non-hydrogen) atoms. The lowest BCUT2D eigenvalue weighted by molar-refractivity contribution is -0.136. The Labute approximate surface area is 175 Å². The van der Waals surface area contributed by atoms with E-state index in [-0.39, 0.29) is 17.7 Å². The minimum Gasteiger partial charge on any atom is -0.343 e. The molecule has 3 heterocycles. The van der Waals surface area contributed by atoms with E-state index >= 15 is 0 Å². The lowest BCUT2D eigenvalue weighted by Gasteiger charge is -2.35. The molecular formula is C21H27N5O2S. The van der Waals surface area contributed by atoms with E-state index in [2.05, 4.69) is 28.1 Å². The second-order valence-electron chi connectivity index (χ2n) is 7.76. The number of amides is 2. The van der Waals surface area contributed by atoms with Gasteiger partial charge in [-0.05, 0) is 31.4 Å². The highest BCUT2D eigenvalue weighted by molar-refractivity contribution is 7.15. The molecule has 0 radical (unpaired) electrons. The lowest BCUT2D eigenvalue weighted by Crippen LogP contribution is -2.50. The Balaban J connectivity index is 1.41. The van der Waals surface area contributed by atoms with E-state index in [0.29, 0.717) is 26.1 Å². The summed E-state index contributed by atoms with van der Waals surface area (Å²) < 4.78 is 0. The number of piperazine rings is 1. The third kappa shape index (κ3) is 3.85. The van der Waals surface area contributed by atoms with Crippen molar-refractivity contribution in [3.05, 3.63) is 34.3 Å². The van der Waals surface area contributed by atoms with Crippen LogP contribution in [0.15, 0.2) is 18.2 Å². The predicted molar refractivity (Wildman–Crippen MR) is 114 cm³/mol. The number of rotatable bonds is 4. The Kier molecular flexibility index (Phi) is 5.54. The van der Waals surface area contributed by atoms with Crippen LogP contribution in [0, 0.1) is 19.8 Å². The van der Waals surface area contributed by atoms with E-state index in [1.54, 1.807) is 11.3 Å². The standard InChI is InChI=1S/C21H27N5O2S/c1-4-16-7-5-6-14(2)19(16)26-13-17(12-18(26)27)20(28)24-8-10-25(11-9-24)21-23-22-15(3)29-21/h5-7,17H,4,8-13H2,1-3H3. The van der Waals surface area contributed by atoms with E-state index in [4.69, 9.17) is 0 Å². The molecule has 1 unspecified atom stereocenters. The van der Waals surface area contributed by atoms with Crippen LogP contribution in [0.2, 0.25) is 0 Å². The Bertz CT molecular complexity index is 920. The summed E-state index contributed by atoms with van der Waals surface area (Å²) in [5.41, 5.74) is 3.24. The first-order valence-corrected chi connectivity index (χ1v) is 11.0. The van der Waals surface area contributed by atoms with Crippen LogP contribution >= 0.6 is 11.3 Å². The van der Waals surface area contributed by atoms with Gasteiger partial charge in [-0.15, -0.1) is 10.2 Å². The van der Waals surface area contributed by atoms with Crippen molar-refractivity contribution >= 4 is 34.0 Å². The summed E-state index contributed by atoms with van der Waals surface area (Å²) in [7, 11) is 0. The molecule has 0 N–H and O–H groups in total. The molecule has 0 saturated carbocycles. The molecule has 1 aromatic heterocycles. The van der Waals surface area contributed by atoms with Crippen LogP contribution in [0.4, 0.5) is 10.8 Å². The van der Waals surface area contributed by atoms with Crippen LogP contribution < -0.4 is 9.80 Å². The maximum absolute atomic E-state index is 13.1. The van der Waals surface area contributed by atoms with Gasteiger partial charge < -0.3 is 14.7 Å². The van der Waals surface area contributed by atoms with Crippen molar-refractivity contribution in [3.8, 4) is 0 Å². The van der Waals surface area contributed by atoms with Gasteiger partial charge in [-0.25, -0.2) is 0 Å². The molecule has 1 atom stereocenters. The quantitative estimate of drug-likeness (QED) is 0.770. The topological polar surface area (TPSA) is 69.6 Å². The molecule has 2 amide bonds. The lowest BCUT2D eigenvalue weighted by atomic mass is 10.0. The fourth-order valence-corrected chi connectivity index (χ4v) is 5.01. The Hall–Kier alpha value is -2.48. The molecule has 4 rings (SSSR count).